The van der Waals surface area contributed by atoms with Gasteiger partial charge in [-0.1, -0.05) is 48.2 Å². The Kier molecular flexibility index (Phi) is 7.74. The van der Waals surface area contributed by atoms with Crippen molar-refractivity contribution in [3.63, 3.8) is 0 Å². The molecular formula is C25H27N3O4S2. The van der Waals surface area contributed by atoms with Crippen LogP contribution in [0.15, 0.2) is 53.4 Å². The summed E-state index contributed by atoms with van der Waals surface area (Å²) in [6, 6.07) is 15.6. The summed E-state index contributed by atoms with van der Waals surface area (Å²) in [5.41, 5.74) is 1.97. The largest absolute Gasteiger partial charge is 0.490 e. The van der Waals surface area contributed by atoms with E-state index >= 15 is 0 Å². The number of carbonyl (C=O) groups is 2. The minimum atomic E-state index is -0.119. The summed E-state index contributed by atoms with van der Waals surface area (Å²) in [6.45, 7) is 5.17. The molecule has 2 aliphatic rings. The van der Waals surface area contributed by atoms with Gasteiger partial charge in [-0.2, -0.15) is 0 Å². The minimum absolute atomic E-state index is 0.0501. The SMILES string of the molecule is CCOc1cc(/C=C2/SC(=S)N(C)C2=O)ccc1OCC(=O)N1CCN(c2ccccc2)CC1. The maximum atomic E-state index is 12.8. The normalized spacial score (nSPS) is 17.5. The second-order valence-corrected chi connectivity index (χ2v) is 9.55. The lowest BCUT2D eigenvalue weighted by molar-refractivity contribution is -0.133. The third kappa shape index (κ3) is 5.53. The predicted molar refractivity (Wildman–Crippen MR) is 139 cm³/mol. The van der Waals surface area contributed by atoms with Gasteiger partial charge in [0.05, 0.1) is 11.5 Å². The van der Waals surface area contributed by atoms with E-state index in [1.165, 1.54) is 22.3 Å². The van der Waals surface area contributed by atoms with E-state index in [4.69, 9.17) is 21.7 Å². The number of para-hydroxylation sites is 1. The molecule has 0 spiro atoms. The number of rotatable bonds is 7. The highest BCUT2D eigenvalue weighted by Crippen LogP contribution is 2.34. The van der Waals surface area contributed by atoms with Crippen molar-refractivity contribution in [1.82, 2.24) is 9.80 Å². The number of piperazine rings is 1. The predicted octanol–water partition coefficient (Wildman–Crippen LogP) is 3.64. The van der Waals surface area contributed by atoms with Gasteiger partial charge < -0.3 is 19.3 Å². The summed E-state index contributed by atoms with van der Waals surface area (Å²) >= 11 is 6.46. The van der Waals surface area contributed by atoms with Crippen molar-refractivity contribution in [3.8, 4) is 11.5 Å². The zero-order chi connectivity index (χ0) is 24.1. The van der Waals surface area contributed by atoms with Gasteiger partial charge in [-0.3, -0.25) is 14.5 Å². The number of ether oxygens (including phenoxy) is 2. The van der Waals surface area contributed by atoms with Gasteiger partial charge in [0.2, 0.25) is 0 Å². The average Bonchev–Trinajstić information content (AvgIpc) is 3.10. The van der Waals surface area contributed by atoms with Gasteiger partial charge in [0.15, 0.2) is 18.1 Å². The molecule has 0 aromatic heterocycles. The summed E-state index contributed by atoms with van der Waals surface area (Å²) in [6.07, 6.45) is 1.78. The molecule has 34 heavy (non-hydrogen) atoms. The first-order valence-corrected chi connectivity index (χ1v) is 12.4. The molecule has 0 atom stereocenters. The standard InChI is InChI=1S/C25H27N3O4S2/c1-3-31-21-15-18(16-22-24(30)26(2)25(33)34-22)9-10-20(21)32-17-23(29)28-13-11-27(12-14-28)19-7-5-4-6-8-19/h4-10,15-16H,3,11-14,17H2,1-2H3/b22-16+. The van der Waals surface area contributed by atoms with Gasteiger partial charge in [-0.05, 0) is 42.8 Å². The second kappa shape index (κ2) is 10.9. The maximum Gasteiger partial charge on any atom is 0.265 e. The lowest BCUT2D eigenvalue weighted by atomic mass is 10.2. The molecule has 0 aliphatic carbocycles. The van der Waals surface area contributed by atoms with Gasteiger partial charge >= 0.3 is 0 Å². The molecule has 7 nitrogen and oxygen atoms in total. The van der Waals surface area contributed by atoms with Crippen LogP contribution < -0.4 is 14.4 Å². The molecule has 2 fully saturated rings. The summed E-state index contributed by atoms with van der Waals surface area (Å²) < 4.78 is 12.1. The maximum absolute atomic E-state index is 12.8. The summed E-state index contributed by atoms with van der Waals surface area (Å²) in [7, 11) is 1.67. The molecule has 2 heterocycles. The monoisotopic (exact) mass is 497 g/mol. The molecule has 9 heteroatoms. The quantitative estimate of drug-likeness (QED) is 0.428. The fraction of sp³-hybridized carbons (Fsp3) is 0.320. The first kappa shape index (κ1) is 24.1. The Balaban J connectivity index is 1.36. The zero-order valence-electron chi connectivity index (χ0n) is 19.2. The van der Waals surface area contributed by atoms with Crippen LogP contribution >= 0.6 is 24.0 Å². The molecule has 2 aromatic carbocycles. The molecule has 4 rings (SSSR count). The third-order valence-electron chi connectivity index (χ3n) is 5.66. The van der Waals surface area contributed by atoms with Crippen LogP contribution in [-0.4, -0.2) is 72.4 Å². The molecule has 0 saturated carbocycles. The number of anilines is 1. The second-order valence-electron chi connectivity index (χ2n) is 7.87. The third-order valence-corrected chi connectivity index (χ3v) is 7.14. The molecular weight excluding hydrogens is 470 g/mol. The number of thiocarbonyl (C=S) groups is 1. The summed E-state index contributed by atoms with van der Waals surface area (Å²) in [5.74, 6) is 0.861. The number of nitrogens with zero attached hydrogens (tertiary/aromatic N) is 3. The highest BCUT2D eigenvalue weighted by Gasteiger charge is 2.28. The lowest BCUT2D eigenvalue weighted by Crippen LogP contribution is -2.50. The van der Waals surface area contributed by atoms with Crippen LogP contribution in [-0.2, 0) is 9.59 Å². The highest BCUT2D eigenvalue weighted by atomic mass is 32.2. The molecule has 0 unspecified atom stereocenters. The Morgan fingerprint density at radius 1 is 1.06 bits per heavy atom. The van der Waals surface area contributed by atoms with Gasteiger partial charge in [0, 0.05) is 38.9 Å². The number of likely N-dealkylation sites (N-methyl/N-ethyl adjacent to an activating group) is 1. The Bertz CT molecular complexity index is 1100. The topological polar surface area (TPSA) is 62.3 Å². The van der Waals surface area contributed by atoms with Crippen LogP contribution in [0.2, 0.25) is 0 Å². The van der Waals surface area contributed by atoms with Gasteiger partial charge in [-0.15, -0.1) is 0 Å². The van der Waals surface area contributed by atoms with Crippen LogP contribution in [0.25, 0.3) is 6.08 Å². The van der Waals surface area contributed by atoms with Crippen LogP contribution in [0.4, 0.5) is 5.69 Å². The van der Waals surface area contributed by atoms with E-state index in [0.717, 1.165) is 18.7 Å². The lowest BCUT2D eigenvalue weighted by Gasteiger charge is -2.36. The van der Waals surface area contributed by atoms with Gasteiger partial charge in [-0.25, -0.2) is 0 Å². The molecule has 0 N–H and O–H groups in total. The van der Waals surface area contributed by atoms with E-state index in [2.05, 4.69) is 17.0 Å². The molecule has 2 aromatic rings. The average molecular weight is 498 g/mol. The van der Waals surface area contributed by atoms with Crippen LogP contribution in [0.3, 0.4) is 0 Å². The zero-order valence-corrected chi connectivity index (χ0v) is 20.9. The summed E-state index contributed by atoms with van der Waals surface area (Å²) in [4.78, 5) is 31.2. The van der Waals surface area contributed by atoms with E-state index in [9.17, 15) is 9.59 Å². The smallest absolute Gasteiger partial charge is 0.265 e. The Morgan fingerprint density at radius 3 is 2.44 bits per heavy atom. The molecule has 178 valence electrons. The molecule has 0 bridgehead atoms. The first-order valence-electron chi connectivity index (χ1n) is 11.1. The van der Waals surface area contributed by atoms with Crippen molar-refractivity contribution in [1.29, 1.82) is 0 Å². The van der Waals surface area contributed by atoms with Crippen molar-refractivity contribution in [2.45, 2.75) is 6.92 Å². The van der Waals surface area contributed by atoms with Crippen LogP contribution in [0, 0.1) is 0 Å². The molecule has 0 radical (unpaired) electrons. The van der Waals surface area contributed by atoms with Crippen molar-refractivity contribution in [3.05, 3.63) is 59.0 Å². The van der Waals surface area contributed by atoms with Crippen molar-refractivity contribution in [2.75, 3.05) is 51.3 Å². The molecule has 2 saturated heterocycles. The van der Waals surface area contributed by atoms with Crippen molar-refractivity contribution < 1.29 is 19.1 Å². The van der Waals surface area contributed by atoms with Crippen LogP contribution in [0.5, 0.6) is 11.5 Å². The van der Waals surface area contributed by atoms with Crippen LogP contribution in [0.1, 0.15) is 12.5 Å². The van der Waals surface area contributed by atoms with E-state index < -0.39 is 0 Å². The highest BCUT2D eigenvalue weighted by molar-refractivity contribution is 8.26. The van der Waals surface area contributed by atoms with E-state index in [0.29, 0.717) is 40.4 Å². The van der Waals surface area contributed by atoms with E-state index in [-0.39, 0.29) is 18.4 Å². The summed E-state index contributed by atoms with van der Waals surface area (Å²) in [5, 5.41) is 0. The number of hydrogen-bond donors (Lipinski definition) is 0. The van der Waals surface area contributed by atoms with E-state index in [1.54, 1.807) is 19.2 Å². The number of amides is 2. The molecule has 2 aliphatic heterocycles. The Labute approximate surface area is 209 Å². The fourth-order valence-electron chi connectivity index (χ4n) is 3.78. The van der Waals surface area contributed by atoms with E-state index in [1.807, 2.05) is 42.2 Å². The van der Waals surface area contributed by atoms with Gasteiger partial charge in [0.25, 0.3) is 11.8 Å². The van der Waals surface area contributed by atoms with Crippen molar-refractivity contribution >= 4 is 51.9 Å². The number of hydrogen-bond acceptors (Lipinski definition) is 7. The Morgan fingerprint density at radius 2 is 1.79 bits per heavy atom. The van der Waals surface area contributed by atoms with Gasteiger partial charge in [0.1, 0.15) is 4.32 Å². The fourth-order valence-corrected chi connectivity index (χ4v) is 4.96. The minimum Gasteiger partial charge on any atom is -0.490 e. The number of carbonyl (C=O) groups excluding carboxylic acids is 2. The first-order chi connectivity index (χ1) is 16.5. The number of thioether (sulfide) groups is 1. The van der Waals surface area contributed by atoms with Crippen molar-refractivity contribution in [2.24, 2.45) is 0 Å². The molecule has 2 amide bonds. The number of benzene rings is 2. The Hall–Kier alpha value is -3.04.